The van der Waals surface area contributed by atoms with Gasteiger partial charge >= 0.3 is 0 Å². The van der Waals surface area contributed by atoms with Gasteiger partial charge in [-0.2, -0.15) is 0 Å². The first-order valence-electron chi connectivity index (χ1n) is 6.87. The maximum Gasteiger partial charge on any atom is 0.128 e. The highest BCUT2D eigenvalue weighted by molar-refractivity contribution is 9.10. The van der Waals surface area contributed by atoms with Crippen molar-refractivity contribution in [1.29, 1.82) is 0 Å². The van der Waals surface area contributed by atoms with Crippen LogP contribution in [-0.4, -0.2) is 14.2 Å². The zero-order valence-corrected chi connectivity index (χ0v) is 14.1. The molecule has 0 heterocycles. The average molecular weight is 350 g/mol. The fourth-order valence-electron chi connectivity index (χ4n) is 2.05. The molecule has 1 N–H and O–H groups in total. The van der Waals surface area contributed by atoms with Crippen LogP contribution in [0.5, 0.6) is 11.5 Å². The van der Waals surface area contributed by atoms with Gasteiger partial charge in [0.25, 0.3) is 0 Å². The minimum atomic E-state index is 0.213. The molecule has 1 atom stereocenters. The van der Waals surface area contributed by atoms with Gasteiger partial charge in [-0.15, -0.1) is 0 Å². The lowest BCUT2D eigenvalue weighted by Crippen LogP contribution is -2.14. The molecular formula is C17H20BrNO2. The second-order valence-electron chi connectivity index (χ2n) is 4.79. The molecule has 0 saturated heterocycles. The van der Waals surface area contributed by atoms with Crippen LogP contribution in [0.15, 0.2) is 46.9 Å². The van der Waals surface area contributed by atoms with Gasteiger partial charge in [-0.25, -0.2) is 0 Å². The van der Waals surface area contributed by atoms with Crippen LogP contribution in [0.1, 0.15) is 24.1 Å². The lowest BCUT2D eigenvalue weighted by Gasteiger charge is -2.18. The van der Waals surface area contributed by atoms with E-state index in [1.807, 2.05) is 49.5 Å². The molecule has 2 aromatic rings. The van der Waals surface area contributed by atoms with Gasteiger partial charge in [0.2, 0.25) is 0 Å². The summed E-state index contributed by atoms with van der Waals surface area (Å²) < 4.78 is 12.4. The lowest BCUT2D eigenvalue weighted by atomic mass is 10.1. The van der Waals surface area contributed by atoms with Crippen molar-refractivity contribution in [1.82, 2.24) is 5.32 Å². The van der Waals surface area contributed by atoms with Gasteiger partial charge in [-0.05, 0) is 26.1 Å². The molecular weight excluding hydrogens is 330 g/mol. The maximum absolute atomic E-state index is 6.02. The van der Waals surface area contributed by atoms with Crippen molar-refractivity contribution < 1.29 is 9.47 Å². The Bertz CT molecular complexity index is 601. The van der Waals surface area contributed by atoms with E-state index in [1.165, 1.54) is 0 Å². The number of hydrogen-bond acceptors (Lipinski definition) is 3. The zero-order valence-electron chi connectivity index (χ0n) is 12.5. The Kier molecular flexibility index (Phi) is 5.65. The highest BCUT2D eigenvalue weighted by Crippen LogP contribution is 2.30. The Morgan fingerprint density at radius 1 is 1.19 bits per heavy atom. The molecule has 21 heavy (non-hydrogen) atoms. The number of hydrogen-bond donors (Lipinski definition) is 1. The normalized spacial score (nSPS) is 12.0. The summed E-state index contributed by atoms with van der Waals surface area (Å²) in [6, 6.07) is 14.2. The Balaban J connectivity index is 2.23. The first kappa shape index (κ1) is 15.9. The molecule has 0 bridgehead atoms. The number of methoxy groups -OCH3 is 1. The lowest BCUT2D eigenvalue weighted by molar-refractivity contribution is 0.297. The Labute approximate surface area is 134 Å². The predicted octanol–water partition coefficient (Wildman–Crippen LogP) is 4.32. The van der Waals surface area contributed by atoms with E-state index in [4.69, 9.17) is 9.47 Å². The number of rotatable bonds is 6. The van der Waals surface area contributed by atoms with E-state index >= 15 is 0 Å². The van der Waals surface area contributed by atoms with E-state index in [0.29, 0.717) is 6.61 Å². The second kappa shape index (κ2) is 7.48. The Hall–Kier alpha value is -1.52. The van der Waals surface area contributed by atoms with Crippen LogP contribution < -0.4 is 14.8 Å². The van der Waals surface area contributed by atoms with Gasteiger partial charge in [0.1, 0.15) is 18.1 Å². The summed E-state index contributed by atoms with van der Waals surface area (Å²) in [6.07, 6.45) is 0. The third-order valence-corrected chi connectivity index (χ3v) is 4.23. The molecule has 0 radical (unpaired) electrons. The first-order valence-corrected chi connectivity index (χ1v) is 7.66. The molecule has 0 aliphatic carbocycles. The van der Waals surface area contributed by atoms with E-state index in [2.05, 4.69) is 28.2 Å². The largest absolute Gasteiger partial charge is 0.497 e. The number of nitrogens with one attached hydrogen (secondary N) is 1. The van der Waals surface area contributed by atoms with Crippen LogP contribution in [-0.2, 0) is 6.61 Å². The van der Waals surface area contributed by atoms with Crippen molar-refractivity contribution in [2.75, 3.05) is 14.2 Å². The van der Waals surface area contributed by atoms with Crippen LogP contribution in [0.25, 0.3) is 0 Å². The SMILES string of the molecule is CNC(C)c1ccc(OC)cc1OCc1ccccc1Br. The molecule has 4 heteroatoms. The summed E-state index contributed by atoms with van der Waals surface area (Å²) >= 11 is 3.54. The van der Waals surface area contributed by atoms with Crippen molar-refractivity contribution in [3.63, 3.8) is 0 Å². The highest BCUT2D eigenvalue weighted by Gasteiger charge is 2.12. The fraction of sp³-hybridized carbons (Fsp3) is 0.294. The molecule has 0 amide bonds. The van der Waals surface area contributed by atoms with E-state index < -0.39 is 0 Å². The van der Waals surface area contributed by atoms with Crippen LogP contribution in [0, 0.1) is 0 Å². The Morgan fingerprint density at radius 2 is 1.95 bits per heavy atom. The van der Waals surface area contributed by atoms with Crippen molar-refractivity contribution in [2.24, 2.45) is 0 Å². The van der Waals surface area contributed by atoms with Gasteiger partial charge < -0.3 is 14.8 Å². The topological polar surface area (TPSA) is 30.5 Å². The quantitative estimate of drug-likeness (QED) is 0.842. The summed E-state index contributed by atoms with van der Waals surface area (Å²) in [7, 11) is 3.60. The van der Waals surface area contributed by atoms with E-state index in [0.717, 1.165) is 27.1 Å². The molecule has 2 aromatic carbocycles. The molecule has 2 rings (SSSR count). The molecule has 0 saturated carbocycles. The van der Waals surface area contributed by atoms with Gasteiger partial charge in [-0.3, -0.25) is 0 Å². The maximum atomic E-state index is 6.02. The van der Waals surface area contributed by atoms with Gasteiger partial charge in [-0.1, -0.05) is 40.2 Å². The summed E-state index contributed by atoms with van der Waals surface area (Å²) in [6.45, 7) is 2.62. The van der Waals surface area contributed by atoms with Crippen LogP contribution in [0.4, 0.5) is 0 Å². The molecule has 0 aliphatic rings. The van der Waals surface area contributed by atoms with Gasteiger partial charge in [0.05, 0.1) is 7.11 Å². The molecule has 3 nitrogen and oxygen atoms in total. The third kappa shape index (κ3) is 3.99. The van der Waals surface area contributed by atoms with Crippen molar-refractivity contribution in [3.05, 3.63) is 58.1 Å². The van der Waals surface area contributed by atoms with Crippen LogP contribution in [0.2, 0.25) is 0 Å². The van der Waals surface area contributed by atoms with Gasteiger partial charge in [0.15, 0.2) is 0 Å². The van der Waals surface area contributed by atoms with Gasteiger partial charge in [0, 0.05) is 27.7 Å². The highest BCUT2D eigenvalue weighted by atomic mass is 79.9. The van der Waals surface area contributed by atoms with Crippen molar-refractivity contribution in [3.8, 4) is 11.5 Å². The minimum Gasteiger partial charge on any atom is -0.497 e. The smallest absolute Gasteiger partial charge is 0.128 e. The minimum absolute atomic E-state index is 0.213. The molecule has 112 valence electrons. The first-order chi connectivity index (χ1) is 10.2. The Morgan fingerprint density at radius 3 is 2.62 bits per heavy atom. The van der Waals surface area contributed by atoms with Crippen LogP contribution in [0.3, 0.4) is 0 Å². The molecule has 0 spiro atoms. The van der Waals surface area contributed by atoms with E-state index in [1.54, 1.807) is 7.11 Å². The number of benzene rings is 2. The molecule has 0 aromatic heterocycles. The summed E-state index contributed by atoms with van der Waals surface area (Å²) in [5.41, 5.74) is 2.23. The second-order valence-corrected chi connectivity index (χ2v) is 5.65. The molecule has 1 unspecified atom stereocenters. The summed E-state index contributed by atoms with van der Waals surface area (Å²) in [4.78, 5) is 0. The predicted molar refractivity (Wildman–Crippen MR) is 88.9 cm³/mol. The molecule has 0 aliphatic heterocycles. The van der Waals surface area contributed by atoms with Crippen molar-refractivity contribution >= 4 is 15.9 Å². The fourth-order valence-corrected chi connectivity index (χ4v) is 2.45. The standard InChI is InChI=1S/C17H20BrNO2/c1-12(19-2)15-9-8-14(20-3)10-17(15)21-11-13-6-4-5-7-16(13)18/h4-10,12,19H,11H2,1-3H3. The number of ether oxygens (including phenoxy) is 2. The average Bonchev–Trinajstić information content (AvgIpc) is 2.53. The van der Waals surface area contributed by atoms with E-state index in [-0.39, 0.29) is 6.04 Å². The van der Waals surface area contributed by atoms with E-state index in [9.17, 15) is 0 Å². The third-order valence-electron chi connectivity index (χ3n) is 3.46. The number of halogens is 1. The molecule has 0 fully saturated rings. The zero-order chi connectivity index (χ0) is 15.2. The van der Waals surface area contributed by atoms with Crippen molar-refractivity contribution in [2.45, 2.75) is 19.6 Å². The summed E-state index contributed by atoms with van der Waals surface area (Å²) in [5, 5.41) is 3.24. The summed E-state index contributed by atoms with van der Waals surface area (Å²) in [5.74, 6) is 1.64. The monoisotopic (exact) mass is 349 g/mol. The van der Waals surface area contributed by atoms with Crippen LogP contribution >= 0.6 is 15.9 Å².